The Hall–Kier alpha value is -2.42. The highest BCUT2D eigenvalue weighted by Crippen LogP contribution is 2.35. The van der Waals surface area contributed by atoms with Gasteiger partial charge in [-0.1, -0.05) is 6.92 Å². The van der Waals surface area contributed by atoms with Crippen LogP contribution >= 0.6 is 0 Å². The zero-order chi connectivity index (χ0) is 17.1. The molecule has 0 N–H and O–H groups in total. The summed E-state index contributed by atoms with van der Waals surface area (Å²) in [5.41, 5.74) is 5.07. The van der Waals surface area contributed by atoms with Gasteiger partial charge in [0.25, 0.3) is 0 Å². The van der Waals surface area contributed by atoms with Crippen LogP contribution in [0.3, 0.4) is 0 Å². The first-order chi connectivity index (χ1) is 11.7. The Balaban J connectivity index is 2.14. The molecule has 0 amide bonds. The molecule has 3 nitrogen and oxygen atoms in total. The molecule has 1 aromatic heterocycles. The maximum absolute atomic E-state index is 5.67. The van der Waals surface area contributed by atoms with E-state index >= 15 is 0 Å². The van der Waals surface area contributed by atoms with Crippen LogP contribution in [0.5, 0.6) is 11.5 Å². The van der Waals surface area contributed by atoms with Crippen molar-refractivity contribution in [1.82, 2.24) is 4.57 Å². The molecule has 0 spiro atoms. The Morgan fingerprint density at radius 1 is 0.833 bits per heavy atom. The van der Waals surface area contributed by atoms with Gasteiger partial charge in [-0.15, -0.1) is 0 Å². The van der Waals surface area contributed by atoms with E-state index in [0.717, 1.165) is 17.9 Å². The number of fused-ring (bicyclic) bond motifs is 1. The Morgan fingerprint density at radius 2 is 1.46 bits per heavy atom. The standard InChI is InChI=1S/C21H25NO2/c1-5-18-19-13-12-17(24-7-3)14-20(19)22(4)21(18)15-8-10-16(11-9-15)23-6-2/h8-14H,5-7H2,1-4H3. The zero-order valence-electron chi connectivity index (χ0n) is 14.9. The Labute approximate surface area is 143 Å². The van der Waals surface area contributed by atoms with Gasteiger partial charge in [0.2, 0.25) is 0 Å². The van der Waals surface area contributed by atoms with E-state index in [9.17, 15) is 0 Å². The second-order valence-corrected chi connectivity index (χ2v) is 5.81. The largest absolute Gasteiger partial charge is 0.494 e. The van der Waals surface area contributed by atoms with Crippen LogP contribution in [0.4, 0.5) is 0 Å². The molecule has 0 unspecified atom stereocenters. The summed E-state index contributed by atoms with van der Waals surface area (Å²) >= 11 is 0. The summed E-state index contributed by atoms with van der Waals surface area (Å²) in [6.45, 7) is 7.60. The molecule has 0 saturated carbocycles. The van der Waals surface area contributed by atoms with Crippen LogP contribution in [0.15, 0.2) is 42.5 Å². The lowest BCUT2D eigenvalue weighted by molar-refractivity contribution is 0.340. The summed E-state index contributed by atoms with van der Waals surface area (Å²) in [6, 6.07) is 14.7. The van der Waals surface area contributed by atoms with Crippen molar-refractivity contribution in [2.45, 2.75) is 27.2 Å². The first kappa shape index (κ1) is 16.4. The van der Waals surface area contributed by atoms with Gasteiger partial charge in [-0.25, -0.2) is 0 Å². The average Bonchev–Trinajstić information content (AvgIpc) is 2.88. The first-order valence-electron chi connectivity index (χ1n) is 8.66. The molecule has 2 aromatic carbocycles. The minimum Gasteiger partial charge on any atom is -0.494 e. The highest BCUT2D eigenvalue weighted by atomic mass is 16.5. The normalized spacial score (nSPS) is 11.0. The summed E-state index contributed by atoms with van der Waals surface area (Å²) in [6.07, 6.45) is 0.994. The second-order valence-electron chi connectivity index (χ2n) is 5.81. The maximum Gasteiger partial charge on any atom is 0.121 e. The number of nitrogens with zero attached hydrogens (tertiary/aromatic N) is 1. The van der Waals surface area contributed by atoms with Crippen LogP contribution in [0.2, 0.25) is 0 Å². The highest BCUT2D eigenvalue weighted by Gasteiger charge is 2.16. The molecule has 126 valence electrons. The van der Waals surface area contributed by atoms with Gasteiger partial charge in [0.15, 0.2) is 0 Å². The average molecular weight is 323 g/mol. The predicted molar refractivity (Wildman–Crippen MR) is 100 cm³/mol. The molecule has 0 atom stereocenters. The number of hydrogen-bond acceptors (Lipinski definition) is 2. The molecule has 24 heavy (non-hydrogen) atoms. The van der Waals surface area contributed by atoms with E-state index in [0.29, 0.717) is 13.2 Å². The number of ether oxygens (including phenoxy) is 2. The van der Waals surface area contributed by atoms with E-state index in [1.165, 1.54) is 27.7 Å². The van der Waals surface area contributed by atoms with Crippen molar-refractivity contribution in [1.29, 1.82) is 0 Å². The number of rotatable bonds is 6. The van der Waals surface area contributed by atoms with Crippen molar-refractivity contribution in [3.63, 3.8) is 0 Å². The summed E-state index contributed by atoms with van der Waals surface area (Å²) in [7, 11) is 2.13. The lowest BCUT2D eigenvalue weighted by Crippen LogP contribution is -1.95. The minimum atomic E-state index is 0.683. The first-order valence-corrected chi connectivity index (χ1v) is 8.66. The third-order valence-corrected chi connectivity index (χ3v) is 4.38. The van der Waals surface area contributed by atoms with E-state index in [1.54, 1.807) is 0 Å². The van der Waals surface area contributed by atoms with Gasteiger partial charge >= 0.3 is 0 Å². The Bertz CT molecular complexity index is 831. The quantitative estimate of drug-likeness (QED) is 0.622. The third-order valence-electron chi connectivity index (χ3n) is 4.38. The Morgan fingerprint density at radius 3 is 2.08 bits per heavy atom. The van der Waals surface area contributed by atoms with Crippen LogP contribution in [-0.2, 0) is 13.5 Å². The molecule has 0 bridgehead atoms. The van der Waals surface area contributed by atoms with E-state index in [2.05, 4.69) is 48.9 Å². The highest BCUT2D eigenvalue weighted by molar-refractivity contribution is 5.92. The topological polar surface area (TPSA) is 23.4 Å². The van der Waals surface area contributed by atoms with Crippen molar-refractivity contribution in [3.05, 3.63) is 48.0 Å². The summed E-state index contributed by atoms with van der Waals surface area (Å²) in [4.78, 5) is 0. The van der Waals surface area contributed by atoms with Crippen LogP contribution in [-0.4, -0.2) is 17.8 Å². The number of aromatic nitrogens is 1. The SMILES string of the molecule is CCOc1ccc(-c2c(CC)c3ccc(OCC)cc3n2C)cc1. The molecule has 0 aliphatic carbocycles. The van der Waals surface area contributed by atoms with Crippen molar-refractivity contribution in [2.24, 2.45) is 7.05 Å². The zero-order valence-corrected chi connectivity index (χ0v) is 14.9. The monoisotopic (exact) mass is 323 g/mol. The lowest BCUT2D eigenvalue weighted by Gasteiger charge is -2.09. The molecule has 0 radical (unpaired) electrons. The fraction of sp³-hybridized carbons (Fsp3) is 0.333. The summed E-state index contributed by atoms with van der Waals surface area (Å²) in [5.74, 6) is 1.84. The summed E-state index contributed by atoms with van der Waals surface area (Å²) < 4.78 is 13.5. The van der Waals surface area contributed by atoms with Crippen LogP contribution in [0, 0.1) is 0 Å². The van der Waals surface area contributed by atoms with Gasteiger partial charge in [0.05, 0.1) is 24.4 Å². The van der Waals surface area contributed by atoms with Gasteiger partial charge < -0.3 is 14.0 Å². The van der Waals surface area contributed by atoms with Crippen LogP contribution in [0.1, 0.15) is 26.3 Å². The van der Waals surface area contributed by atoms with Gasteiger partial charge in [-0.3, -0.25) is 0 Å². The van der Waals surface area contributed by atoms with E-state index < -0.39 is 0 Å². The fourth-order valence-electron chi connectivity index (χ4n) is 3.35. The predicted octanol–water partition coefficient (Wildman–Crippen LogP) is 5.21. The molecule has 3 heteroatoms. The molecule has 0 aliphatic heterocycles. The Kier molecular flexibility index (Phi) is 4.79. The molecule has 0 saturated heterocycles. The number of benzene rings is 2. The molecule has 0 fully saturated rings. The molecule has 1 heterocycles. The molecular weight excluding hydrogens is 298 g/mol. The van der Waals surface area contributed by atoms with Gasteiger partial charge in [0, 0.05) is 18.5 Å². The van der Waals surface area contributed by atoms with Crippen LogP contribution in [0.25, 0.3) is 22.2 Å². The van der Waals surface area contributed by atoms with E-state index in [-0.39, 0.29) is 0 Å². The smallest absolute Gasteiger partial charge is 0.121 e. The number of hydrogen-bond donors (Lipinski definition) is 0. The molecule has 3 aromatic rings. The van der Waals surface area contributed by atoms with Crippen molar-refractivity contribution in [3.8, 4) is 22.8 Å². The van der Waals surface area contributed by atoms with E-state index in [4.69, 9.17) is 9.47 Å². The summed E-state index contributed by atoms with van der Waals surface area (Å²) in [5, 5.41) is 1.30. The minimum absolute atomic E-state index is 0.683. The van der Waals surface area contributed by atoms with Crippen molar-refractivity contribution >= 4 is 10.9 Å². The molecular formula is C21H25NO2. The number of aryl methyl sites for hydroxylation is 2. The second kappa shape index (κ2) is 7.00. The van der Waals surface area contributed by atoms with Gasteiger partial charge in [-0.2, -0.15) is 0 Å². The molecule has 3 rings (SSSR count). The van der Waals surface area contributed by atoms with E-state index in [1.807, 2.05) is 26.0 Å². The van der Waals surface area contributed by atoms with Crippen molar-refractivity contribution in [2.75, 3.05) is 13.2 Å². The maximum atomic E-state index is 5.67. The fourth-order valence-corrected chi connectivity index (χ4v) is 3.35. The van der Waals surface area contributed by atoms with Crippen LogP contribution < -0.4 is 9.47 Å². The van der Waals surface area contributed by atoms with Crippen molar-refractivity contribution < 1.29 is 9.47 Å². The third kappa shape index (κ3) is 2.86. The lowest BCUT2D eigenvalue weighted by atomic mass is 10.0. The van der Waals surface area contributed by atoms with Gasteiger partial charge in [0.1, 0.15) is 11.5 Å². The van der Waals surface area contributed by atoms with Gasteiger partial charge in [-0.05, 0) is 67.8 Å². The molecule has 0 aliphatic rings.